The van der Waals surface area contributed by atoms with Gasteiger partial charge in [0.15, 0.2) is 11.5 Å². The van der Waals surface area contributed by atoms with Gasteiger partial charge in [-0.1, -0.05) is 35.7 Å². The zero-order valence-corrected chi connectivity index (χ0v) is 12.3. The van der Waals surface area contributed by atoms with Gasteiger partial charge in [-0.2, -0.15) is 0 Å². The molecule has 1 heterocycles. The van der Waals surface area contributed by atoms with Gasteiger partial charge in [-0.3, -0.25) is 0 Å². The molecule has 1 aromatic rings. The highest BCUT2D eigenvalue weighted by atomic mass is 79.9. The minimum absolute atomic E-state index is 0.0523. The number of nitrogens with two attached hydrogens (primary N) is 1. The van der Waals surface area contributed by atoms with E-state index < -0.39 is 0 Å². The fourth-order valence-electron chi connectivity index (χ4n) is 2.06. The quantitative estimate of drug-likeness (QED) is 0.919. The Labute approximate surface area is 117 Å². The van der Waals surface area contributed by atoms with Gasteiger partial charge in [0.2, 0.25) is 0 Å². The molecule has 2 N–H and O–H groups in total. The highest BCUT2D eigenvalue weighted by Gasteiger charge is 2.17. The van der Waals surface area contributed by atoms with Crippen LogP contribution in [0.1, 0.15) is 44.2 Å². The minimum atomic E-state index is 0.0523. The average molecular weight is 314 g/mol. The molecule has 0 aromatic heterocycles. The van der Waals surface area contributed by atoms with Crippen LogP contribution in [-0.2, 0) is 0 Å². The van der Waals surface area contributed by atoms with Crippen LogP contribution in [0, 0.1) is 0 Å². The van der Waals surface area contributed by atoms with E-state index in [9.17, 15) is 0 Å². The molecule has 0 saturated carbocycles. The van der Waals surface area contributed by atoms with Crippen molar-refractivity contribution in [2.24, 2.45) is 5.73 Å². The Morgan fingerprint density at radius 3 is 2.61 bits per heavy atom. The van der Waals surface area contributed by atoms with E-state index in [4.69, 9.17) is 15.2 Å². The third-order valence-electron chi connectivity index (χ3n) is 3.13. The zero-order chi connectivity index (χ0) is 13.0. The van der Waals surface area contributed by atoms with E-state index in [1.165, 1.54) is 0 Å². The SMILES string of the molecule is CCCCC(N)c1cc2c(cc1Br)OCCCO2. The van der Waals surface area contributed by atoms with Gasteiger partial charge in [0.25, 0.3) is 0 Å². The molecule has 1 aromatic carbocycles. The minimum Gasteiger partial charge on any atom is -0.490 e. The van der Waals surface area contributed by atoms with E-state index in [1.807, 2.05) is 12.1 Å². The molecule has 0 bridgehead atoms. The molecule has 0 aliphatic carbocycles. The third-order valence-corrected chi connectivity index (χ3v) is 3.82. The molecule has 0 amide bonds. The van der Waals surface area contributed by atoms with E-state index in [0.717, 1.165) is 47.2 Å². The summed E-state index contributed by atoms with van der Waals surface area (Å²) in [5.74, 6) is 1.63. The largest absolute Gasteiger partial charge is 0.490 e. The van der Waals surface area contributed by atoms with Gasteiger partial charge in [0, 0.05) is 16.9 Å². The maximum atomic E-state index is 6.23. The van der Waals surface area contributed by atoms with Crippen molar-refractivity contribution in [1.29, 1.82) is 0 Å². The van der Waals surface area contributed by atoms with Gasteiger partial charge in [-0.05, 0) is 24.1 Å². The van der Waals surface area contributed by atoms with Gasteiger partial charge in [-0.15, -0.1) is 0 Å². The third kappa shape index (κ3) is 3.18. The van der Waals surface area contributed by atoms with Crippen LogP contribution in [0.3, 0.4) is 0 Å². The number of halogens is 1. The zero-order valence-electron chi connectivity index (χ0n) is 10.7. The maximum absolute atomic E-state index is 6.23. The first-order valence-corrected chi connectivity index (χ1v) is 7.36. The Bertz CT molecular complexity index is 409. The number of hydrogen-bond acceptors (Lipinski definition) is 3. The topological polar surface area (TPSA) is 44.5 Å². The summed E-state index contributed by atoms with van der Waals surface area (Å²) in [4.78, 5) is 0. The van der Waals surface area contributed by atoms with Crippen LogP contribution < -0.4 is 15.2 Å². The van der Waals surface area contributed by atoms with Crippen LogP contribution in [0.25, 0.3) is 0 Å². The first-order valence-electron chi connectivity index (χ1n) is 6.57. The van der Waals surface area contributed by atoms with E-state index in [-0.39, 0.29) is 6.04 Å². The van der Waals surface area contributed by atoms with Crippen molar-refractivity contribution < 1.29 is 9.47 Å². The number of hydrogen-bond donors (Lipinski definition) is 1. The Balaban J connectivity index is 2.23. The molecule has 1 aliphatic heterocycles. The predicted octanol–water partition coefficient (Wildman–Crippen LogP) is 3.80. The lowest BCUT2D eigenvalue weighted by molar-refractivity contribution is 0.297. The van der Waals surface area contributed by atoms with Gasteiger partial charge in [-0.25, -0.2) is 0 Å². The highest BCUT2D eigenvalue weighted by molar-refractivity contribution is 9.10. The fraction of sp³-hybridized carbons (Fsp3) is 0.571. The Hall–Kier alpha value is -0.740. The molecule has 0 radical (unpaired) electrons. The normalized spacial score (nSPS) is 16.2. The second-order valence-corrected chi connectivity index (χ2v) is 5.47. The Kier molecular flexibility index (Phi) is 4.89. The molecule has 1 aliphatic rings. The summed E-state index contributed by atoms with van der Waals surface area (Å²) in [6.07, 6.45) is 4.22. The summed E-state index contributed by atoms with van der Waals surface area (Å²) in [5.41, 5.74) is 7.33. The lowest BCUT2D eigenvalue weighted by Gasteiger charge is -2.16. The molecular weight excluding hydrogens is 294 g/mol. The maximum Gasteiger partial charge on any atom is 0.162 e. The standard InChI is InChI=1S/C14H20BrNO2/c1-2-3-5-12(16)10-8-13-14(9-11(10)15)18-7-4-6-17-13/h8-9,12H,2-7,16H2,1H3. The van der Waals surface area contributed by atoms with Crippen molar-refractivity contribution in [3.63, 3.8) is 0 Å². The molecule has 1 atom stereocenters. The molecule has 3 nitrogen and oxygen atoms in total. The van der Waals surface area contributed by atoms with Gasteiger partial charge < -0.3 is 15.2 Å². The molecule has 0 fully saturated rings. The summed E-state index contributed by atoms with van der Waals surface area (Å²) in [5, 5.41) is 0. The number of ether oxygens (including phenoxy) is 2. The van der Waals surface area contributed by atoms with Crippen molar-refractivity contribution in [1.82, 2.24) is 0 Å². The van der Waals surface area contributed by atoms with Crippen LogP contribution in [0.2, 0.25) is 0 Å². The first kappa shape index (κ1) is 13.7. The fourth-order valence-corrected chi connectivity index (χ4v) is 2.68. The Morgan fingerprint density at radius 2 is 1.94 bits per heavy atom. The number of benzene rings is 1. The lowest BCUT2D eigenvalue weighted by atomic mass is 10.0. The van der Waals surface area contributed by atoms with Crippen molar-refractivity contribution in [2.75, 3.05) is 13.2 Å². The smallest absolute Gasteiger partial charge is 0.162 e. The second-order valence-electron chi connectivity index (χ2n) is 4.62. The van der Waals surface area contributed by atoms with Crippen molar-refractivity contribution >= 4 is 15.9 Å². The number of fused-ring (bicyclic) bond motifs is 1. The van der Waals surface area contributed by atoms with Gasteiger partial charge >= 0.3 is 0 Å². The average Bonchev–Trinajstić information content (AvgIpc) is 2.59. The summed E-state index contributed by atoms with van der Waals surface area (Å²) in [6.45, 7) is 3.59. The molecular formula is C14H20BrNO2. The van der Waals surface area contributed by atoms with Crippen molar-refractivity contribution in [2.45, 2.75) is 38.6 Å². The number of unbranched alkanes of at least 4 members (excludes halogenated alkanes) is 1. The van der Waals surface area contributed by atoms with E-state index in [2.05, 4.69) is 22.9 Å². The molecule has 100 valence electrons. The van der Waals surface area contributed by atoms with E-state index >= 15 is 0 Å². The van der Waals surface area contributed by atoms with Crippen molar-refractivity contribution in [3.8, 4) is 11.5 Å². The lowest BCUT2D eigenvalue weighted by Crippen LogP contribution is -2.11. The second kappa shape index (κ2) is 6.43. The highest BCUT2D eigenvalue weighted by Crippen LogP contribution is 2.37. The molecule has 0 spiro atoms. The van der Waals surface area contributed by atoms with E-state index in [1.54, 1.807) is 0 Å². The molecule has 0 saturated heterocycles. The van der Waals surface area contributed by atoms with Crippen molar-refractivity contribution in [3.05, 3.63) is 22.2 Å². The Morgan fingerprint density at radius 1 is 1.28 bits per heavy atom. The van der Waals surface area contributed by atoms with Crippen LogP contribution in [0.4, 0.5) is 0 Å². The van der Waals surface area contributed by atoms with Crippen LogP contribution >= 0.6 is 15.9 Å². The van der Waals surface area contributed by atoms with Crippen LogP contribution in [0.5, 0.6) is 11.5 Å². The summed E-state index contributed by atoms with van der Waals surface area (Å²) in [6, 6.07) is 4.05. The molecule has 18 heavy (non-hydrogen) atoms. The molecule has 1 unspecified atom stereocenters. The summed E-state index contributed by atoms with van der Waals surface area (Å²) in [7, 11) is 0. The molecule has 2 rings (SSSR count). The monoisotopic (exact) mass is 313 g/mol. The molecule has 4 heteroatoms. The van der Waals surface area contributed by atoms with Gasteiger partial charge in [0.1, 0.15) is 0 Å². The summed E-state index contributed by atoms with van der Waals surface area (Å²) >= 11 is 3.58. The predicted molar refractivity (Wildman–Crippen MR) is 76.2 cm³/mol. The van der Waals surface area contributed by atoms with Gasteiger partial charge in [0.05, 0.1) is 13.2 Å². The van der Waals surface area contributed by atoms with Crippen LogP contribution in [0.15, 0.2) is 16.6 Å². The first-order chi connectivity index (χ1) is 8.72. The van der Waals surface area contributed by atoms with Crippen LogP contribution in [-0.4, -0.2) is 13.2 Å². The van der Waals surface area contributed by atoms with E-state index in [0.29, 0.717) is 13.2 Å². The summed E-state index contributed by atoms with van der Waals surface area (Å²) < 4.78 is 12.4. The number of rotatable bonds is 4.